The lowest BCUT2D eigenvalue weighted by atomic mass is 9.86. The van der Waals surface area contributed by atoms with Crippen LogP contribution in [0.5, 0.6) is 0 Å². The van der Waals surface area contributed by atoms with Crippen LogP contribution in [-0.4, -0.2) is 31.2 Å². The van der Waals surface area contributed by atoms with Crippen molar-refractivity contribution in [1.29, 1.82) is 0 Å². The number of hydrogen-bond acceptors (Lipinski definition) is 4. The molecule has 2 N–H and O–H groups in total. The Hall–Kier alpha value is -1.73. The van der Waals surface area contributed by atoms with Crippen molar-refractivity contribution in [2.75, 3.05) is 11.9 Å². The number of nitrogens with zero attached hydrogens (tertiary/aromatic N) is 1. The van der Waals surface area contributed by atoms with Crippen LogP contribution in [0.15, 0.2) is 30.5 Å². The van der Waals surface area contributed by atoms with Crippen LogP contribution in [0.1, 0.15) is 39.5 Å². The van der Waals surface area contributed by atoms with Crippen LogP contribution in [0.4, 0.5) is 10.1 Å². The van der Waals surface area contributed by atoms with Gasteiger partial charge >= 0.3 is 0 Å². The zero-order valence-corrected chi connectivity index (χ0v) is 16.0. The lowest BCUT2D eigenvalue weighted by molar-refractivity contribution is 0.323. The summed E-state index contributed by atoms with van der Waals surface area (Å²) in [7, 11) is -3.21. The molecule has 0 bridgehead atoms. The minimum atomic E-state index is -3.21. The average Bonchev–Trinajstić information content (AvgIpc) is 2.61. The van der Waals surface area contributed by atoms with Gasteiger partial charge in [0.05, 0.1) is 5.25 Å². The van der Waals surface area contributed by atoms with Crippen molar-refractivity contribution in [1.82, 2.24) is 9.71 Å². The molecule has 0 spiro atoms. The Morgan fingerprint density at radius 1 is 1.23 bits per heavy atom. The zero-order chi connectivity index (χ0) is 18.7. The van der Waals surface area contributed by atoms with E-state index in [2.05, 4.69) is 15.0 Å². The molecule has 0 amide bonds. The Balaban J connectivity index is 1.53. The smallest absolute Gasteiger partial charge is 0.214 e. The molecular weight excluding hydrogens is 353 g/mol. The highest BCUT2D eigenvalue weighted by Crippen LogP contribution is 2.27. The summed E-state index contributed by atoms with van der Waals surface area (Å²) in [5.41, 5.74) is 1.14. The van der Waals surface area contributed by atoms with Crippen LogP contribution in [-0.2, 0) is 10.0 Å². The van der Waals surface area contributed by atoms with E-state index in [1.165, 1.54) is 6.07 Å². The number of fused-ring (bicyclic) bond motifs is 1. The molecule has 7 heteroatoms. The van der Waals surface area contributed by atoms with E-state index in [9.17, 15) is 12.8 Å². The van der Waals surface area contributed by atoms with Gasteiger partial charge in [0, 0.05) is 29.9 Å². The van der Waals surface area contributed by atoms with Crippen LogP contribution < -0.4 is 10.0 Å². The second kappa shape index (κ2) is 7.88. The number of hydrogen-bond donors (Lipinski definition) is 2. The summed E-state index contributed by atoms with van der Waals surface area (Å²) in [4.78, 5) is 4.06. The second-order valence-corrected chi connectivity index (χ2v) is 9.61. The maximum Gasteiger partial charge on any atom is 0.214 e. The van der Waals surface area contributed by atoms with Crippen molar-refractivity contribution < 1.29 is 12.8 Å². The van der Waals surface area contributed by atoms with E-state index in [-0.39, 0.29) is 11.9 Å². The fourth-order valence-corrected chi connectivity index (χ4v) is 4.34. The summed E-state index contributed by atoms with van der Waals surface area (Å²) in [6.45, 7) is 4.14. The Labute approximate surface area is 154 Å². The number of pyridine rings is 1. The molecule has 1 heterocycles. The number of nitrogens with one attached hydrogen (secondary N) is 2. The molecule has 0 saturated heterocycles. The molecule has 1 aliphatic carbocycles. The molecule has 0 aliphatic heterocycles. The van der Waals surface area contributed by atoms with Crippen molar-refractivity contribution in [2.45, 2.75) is 50.8 Å². The van der Waals surface area contributed by atoms with Crippen molar-refractivity contribution in [3.63, 3.8) is 0 Å². The molecule has 0 radical (unpaired) electrons. The van der Waals surface area contributed by atoms with Gasteiger partial charge in [-0.05, 0) is 63.6 Å². The van der Waals surface area contributed by atoms with Gasteiger partial charge < -0.3 is 5.32 Å². The van der Waals surface area contributed by atoms with E-state index in [4.69, 9.17) is 0 Å². The van der Waals surface area contributed by atoms with E-state index < -0.39 is 15.3 Å². The monoisotopic (exact) mass is 379 g/mol. The van der Waals surface area contributed by atoms with E-state index in [0.717, 1.165) is 43.3 Å². The molecule has 26 heavy (non-hydrogen) atoms. The van der Waals surface area contributed by atoms with Gasteiger partial charge in [-0.3, -0.25) is 4.98 Å². The maximum atomic E-state index is 14.1. The predicted molar refractivity (Wildman–Crippen MR) is 103 cm³/mol. The van der Waals surface area contributed by atoms with Crippen LogP contribution in [0, 0.1) is 11.7 Å². The van der Waals surface area contributed by atoms with Crippen molar-refractivity contribution >= 4 is 26.6 Å². The van der Waals surface area contributed by atoms with Crippen molar-refractivity contribution in [2.24, 2.45) is 5.92 Å². The number of sulfonamides is 1. The second-order valence-electron chi connectivity index (χ2n) is 7.34. The highest BCUT2D eigenvalue weighted by atomic mass is 32.2. The van der Waals surface area contributed by atoms with E-state index in [1.807, 2.05) is 12.1 Å². The average molecular weight is 380 g/mol. The molecule has 1 fully saturated rings. The Bertz CT molecular complexity index is 862. The van der Waals surface area contributed by atoms with Crippen LogP contribution in [0.25, 0.3) is 10.9 Å². The number of anilines is 1. The third kappa shape index (κ3) is 4.51. The van der Waals surface area contributed by atoms with Gasteiger partial charge in [-0.25, -0.2) is 17.5 Å². The molecule has 5 nitrogen and oxygen atoms in total. The minimum Gasteiger partial charge on any atom is -0.385 e. The third-order valence-electron chi connectivity index (χ3n) is 5.05. The number of halogens is 1. The van der Waals surface area contributed by atoms with Crippen LogP contribution in [0.3, 0.4) is 0 Å². The number of benzene rings is 1. The quantitative estimate of drug-likeness (QED) is 0.803. The number of rotatable bonds is 6. The van der Waals surface area contributed by atoms with Gasteiger partial charge in [-0.2, -0.15) is 0 Å². The SMILES string of the molecule is CC(C)S(=O)(=O)N[C@H]1CC[C@H](CNc2cc(F)c3ncccc3c2)CC1. The van der Waals surface area contributed by atoms with Gasteiger partial charge in [-0.15, -0.1) is 0 Å². The Morgan fingerprint density at radius 2 is 1.96 bits per heavy atom. The highest BCUT2D eigenvalue weighted by Gasteiger charge is 2.26. The first-order valence-electron chi connectivity index (χ1n) is 9.14. The number of aromatic nitrogens is 1. The summed E-state index contributed by atoms with van der Waals surface area (Å²) in [6.07, 6.45) is 5.18. The van der Waals surface area contributed by atoms with Gasteiger partial charge in [-0.1, -0.05) is 6.07 Å². The maximum absolute atomic E-state index is 14.1. The molecule has 1 saturated carbocycles. The first-order valence-corrected chi connectivity index (χ1v) is 10.7. The van der Waals surface area contributed by atoms with Gasteiger partial charge in [0.2, 0.25) is 10.0 Å². The Morgan fingerprint density at radius 3 is 2.65 bits per heavy atom. The van der Waals surface area contributed by atoms with E-state index in [1.54, 1.807) is 26.1 Å². The van der Waals surface area contributed by atoms with Crippen LogP contribution >= 0.6 is 0 Å². The molecule has 1 aromatic heterocycles. The zero-order valence-electron chi connectivity index (χ0n) is 15.2. The fourth-order valence-electron chi connectivity index (χ4n) is 3.36. The van der Waals surface area contributed by atoms with Gasteiger partial charge in [0.1, 0.15) is 5.52 Å². The molecular formula is C19H26FN3O2S. The van der Waals surface area contributed by atoms with Crippen molar-refractivity contribution in [3.05, 3.63) is 36.3 Å². The van der Waals surface area contributed by atoms with E-state index in [0.29, 0.717) is 11.4 Å². The summed E-state index contributed by atoms with van der Waals surface area (Å²) in [6, 6.07) is 7.07. The molecule has 0 unspecified atom stereocenters. The standard InChI is InChI=1S/C19H26FN3O2S/c1-13(2)26(24,25)23-16-7-5-14(6-8-16)12-22-17-10-15-4-3-9-21-19(15)18(20)11-17/h3-4,9-11,13-14,16,22-23H,5-8,12H2,1-2H3/t14-,16-. The topological polar surface area (TPSA) is 71.1 Å². The first kappa shape index (κ1) is 19.0. The molecule has 2 aromatic rings. The highest BCUT2D eigenvalue weighted by molar-refractivity contribution is 7.90. The van der Waals surface area contributed by atoms with Crippen molar-refractivity contribution in [3.8, 4) is 0 Å². The molecule has 0 atom stereocenters. The molecule has 1 aliphatic rings. The summed E-state index contributed by atoms with van der Waals surface area (Å²) in [5, 5.41) is 3.70. The Kier molecular flexibility index (Phi) is 5.77. The predicted octanol–water partition coefficient (Wildman–Crippen LogP) is 3.67. The summed E-state index contributed by atoms with van der Waals surface area (Å²) in [5.74, 6) is 0.139. The van der Waals surface area contributed by atoms with E-state index >= 15 is 0 Å². The van der Waals surface area contributed by atoms with Crippen LogP contribution in [0.2, 0.25) is 0 Å². The fraction of sp³-hybridized carbons (Fsp3) is 0.526. The molecule has 1 aromatic carbocycles. The molecule has 3 rings (SSSR count). The summed E-state index contributed by atoms with van der Waals surface area (Å²) < 4.78 is 40.9. The van der Waals surface area contributed by atoms with Gasteiger partial charge in [0.15, 0.2) is 5.82 Å². The minimum absolute atomic E-state index is 0.0304. The lowest BCUT2D eigenvalue weighted by Gasteiger charge is -2.29. The van der Waals surface area contributed by atoms with Gasteiger partial charge in [0.25, 0.3) is 0 Å². The normalized spacial score (nSPS) is 21.2. The molecule has 142 valence electrons. The third-order valence-corrected chi connectivity index (χ3v) is 6.95. The summed E-state index contributed by atoms with van der Waals surface area (Å²) >= 11 is 0. The lowest BCUT2D eigenvalue weighted by Crippen LogP contribution is -2.41. The first-order chi connectivity index (χ1) is 12.3. The largest absolute Gasteiger partial charge is 0.385 e.